The minimum Gasteiger partial charge on any atom is -0.228 e. The third-order valence-corrected chi connectivity index (χ3v) is 11.3. The van der Waals surface area contributed by atoms with E-state index in [-0.39, 0.29) is 0 Å². The first kappa shape index (κ1) is 28.8. The summed E-state index contributed by atoms with van der Waals surface area (Å²) in [6.07, 6.45) is 0. The van der Waals surface area contributed by atoms with Crippen molar-refractivity contribution < 1.29 is 0 Å². The van der Waals surface area contributed by atoms with E-state index in [1.54, 1.807) is 0 Å². The summed E-state index contributed by atoms with van der Waals surface area (Å²) in [5.74, 6) is 0.724. The number of hydrogen-bond acceptors (Lipinski definition) is 3. The zero-order valence-corrected chi connectivity index (χ0v) is 27.9. The smallest absolute Gasteiger partial charge is 0.160 e. The Morgan fingerprint density at radius 3 is 1.72 bits per heavy atom. The van der Waals surface area contributed by atoms with Gasteiger partial charge in [-0.3, -0.25) is 0 Å². The maximum Gasteiger partial charge on any atom is 0.160 e. The van der Waals surface area contributed by atoms with Gasteiger partial charge in [-0.2, -0.15) is 0 Å². The Morgan fingerprint density at radius 2 is 0.960 bits per heavy atom. The monoisotopic (exact) mass is 654 g/mol. The van der Waals surface area contributed by atoms with E-state index in [0.29, 0.717) is 0 Å². The van der Waals surface area contributed by atoms with Crippen molar-refractivity contribution in [2.24, 2.45) is 0 Å². The fraction of sp³-hybridized carbons (Fsp3) is 0.0213. The van der Waals surface area contributed by atoms with Crippen LogP contribution in [0.25, 0.3) is 65.2 Å². The lowest BCUT2D eigenvalue weighted by molar-refractivity contribution is 0.768. The van der Waals surface area contributed by atoms with Gasteiger partial charge in [-0.05, 0) is 57.6 Å². The maximum atomic E-state index is 5.32. The number of fused-ring (bicyclic) bond motifs is 6. The third-order valence-electron chi connectivity index (χ3n) is 10.2. The number of aromatic nitrogens is 2. The van der Waals surface area contributed by atoms with E-state index in [1.807, 2.05) is 17.4 Å². The van der Waals surface area contributed by atoms with Crippen LogP contribution < -0.4 is 0 Å². The summed E-state index contributed by atoms with van der Waals surface area (Å²) in [5.41, 5.74) is 12.1. The second-order valence-corrected chi connectivity index (χ2v) is 14.0. The van der Waals surface area contributed by atoms with E-state index in [1.165, 1.54) is 53.6 Å². The average molecular weight is 655 g/mol. The lowest BCUT2D eigenvalue weighted by atomic mass is 9.67. The highest BCUT2D eigenvalue weighted by atomic mass is 32.1. The average Bonchev–Trinajstić information content (AvgIpc) is 3.72. The molecule has 10 rings (SSSR count). The van der Waals surface area contributed by atoms with E-state index < -0.39 is 5.41 Å². The minimum atomic E-state index is -0.477. The standard InChI is InChI=1S/C47H30N2S/c1-4-14-31(15-5-1)42-30-43(49-46(48-42)33-25-27-39-38-21-11-13-23-44(38)50-45(39)29-33)32-24-26-37-36-20-10-12-22-40(36)47(41(37)28-32,34-16-6-2-7-17-34)35-18-8-3-9-19-35/h1-30H. The van der Waals surface area contributed by atoms with Gasteiger partial charge < -0.3 is 0 Å². The van der Waals surface area contributed by atoms with Gasteiger partial charge in [-0.15, -0.1) is 11.3 Å². The van der Waals surface area contributed by atoms with E-state index in [9.17, 15) is 0 Å². The lowest BCUT2D eigenvalue weighted by Crippen LogP contribution is -2.28. The first-order valence-electron chi connectivity index (χ1n) is 17.0. The molecule has 0 saturated heterocycles. The normalized spacial score (nSPS) is 13.0. The molecule has 3 heteroatoms. The highest BCUT2D eigenvalue weighted by Gasteiger charge is 2.46. The number of hydrogen-bond donors (Lipinski definition) is 0. The molecule has 2 heterocycles. The van der Waals surface area contributed by atoms with Crippen LogP contribution in [0.3, 0.4) is 0 Å². The van der Waals surface area contributed by atoms with Crippen LogP contribution in [0.1, 0.15) is 22.3 Å². The molecule has 0 N–H and O–H groups in total. The molecular weight excluding hydrogens is 625 g/mol. The largest absolute Gasteiger partial charge is 0.228 e. The van der Waals surface area contributed by atoms with Crippen molar-refractivity contribution in [2.45, 2.75) is 5.41 Å². The molecule has 9 aromatic rings. The Labute approximate surface area is 295 Å². The molecule has 234 valence electrons. The fourth-order valence-corrected chi connectivity index (χ4v) is 9.10. The van der Waals surface area contributed by atoms with E-state index in [0.717, 1.165) is 33.9 Å². The van der Waals surface area contributed by atoms with Crippen molar-refractivity contribution in [3.8, 4) is 45.0 Å². The number of rotatable bonds is 5. The molecule has 1 aliphatic carbocycles. The Morgan fingerprint density at radius 1 is 0.380 bits per heavy atom. The number of nitrogens with zero attached hydrogens (tertiary/aromatic N) is 2. The van der Waals surface area contributed by atoms with E-state index in [4.69, 9.17) is 9.97 Å². The van der Waals surface area contributed by atoms with Crippen molar-refractivity contribution in [3.63, 3.8) is 0 Å². The summed E-state index contributed by atoms with van der Waals surface area (Å²) >= 11 is 1.82. The van der Waals surface area contributed by atoms with E-state index >= 15 is 0 Å². The molecule has 0 radical (unpaired) electrons. The maximum absolute atomic E-state index is 5.32. The molecule has 2 nitrogen and oxygen atoms in total. The van der Waals surface area contributed by atoms with Crippen LogP contribution in [0.4, 0.5) is 0 Å². The molecule has 0 aliphatic heterocycles. The molecular formula is C47H30N2S. The molecule has 0 unspecified atom stereocenters. The van der Waals surface area contributed by atoms with Gasteiger partial charge in [0.15, 0.2) is 5.82 Å². The third kappa shape index (κ3) is 4.41. The Bertz CT molecular complexity index is 2660. The zero-order valence-electron chi connectivity index (χ0n) is 27.1. The highest BCUT2D eigenvalue weighted by molar-refractivity contribution is 7.25. The molecule has 50 heavy (non-hydrogen) atoms. The summed E-state index contributed by atoms with van der Waals surface area (Å²) in [4.78, 5) is 10.5. The first-order chi connectivity index (χ1) is 24.8. The van der Waals surface area contributed by atoms with Crippen molar-refractivity contribution in [1.82, 2.24) is 9.97 Å². The van der Waals surface area contributed by atoms with Crippen LogP contribution in [0, 0.1) is 0 Å². The molecule has 0 spiro atoms. The van der Waals surface area contributed by atoms with Gasteiger partial charge in [0.25, 0.3) is 0 Å². The van der Waals surface area contributed by atoms with Crippen LogP contribution in [-0.2, 0) is 5.41 Å². The minimum absolute atomic E-state index is 0.477. The lowest BCUT2D eigenvalue weighted by Gasteiger charge is -2.34. The summed E-state index contributed by atoms with van der Waals surface area (Å²) in [6, 6.07) is 65.5. The SMILES string of the molecule is c1ccc(-c2cc(-c3ccc4c(c3)C(c3ccccc3)(c3ccccc3)c3ccccc3-4)nc(-c3ccc4c(c3)sc3ccccc34)n2)cc1. The molecule has 0 fully saturated rings. The number of thiophene rings is 1. The molecule has 2 aromatic heterocycles. The summed E-state index contributed by atoms with van der Waals surface area (Å²) < 4.78 is 2.53. The molecule has 0 bridgehead atoms. The Hall–Kier alpha value is -6.16. The summed E-state index contributed by atoms with van der Waals surface area (Å²) in [6.45, 7) is 0. The van der Waals surface area contributed by atoms with Gasteiger partial charge in [0, 0.05) is 36.9 Å². The van der Waals surface area contributed by atoms with Crippen LogP contribution >= 0.6 is 11.3 Å². The fourth-order valence-electron chi connectivity index (χ4n) is 7.95. The molecule has 7 aromatic carbocycles. The Balaban J connectivity index is 1.21. The van der Waals surface area contributed by atoms with Crippen molar-refractivity contribution in [3.05, 3.63) is 204 Å². The van der Waals surface area contributed by atoms with Crippen molar-refractivity contribution >= 4 is 31.5 Å². The van der Waals surface area contributed by atoms with Gasteiger partial charge in [-0.1, -0.05) is 158 Å². The second-order valence-electron chi connectivity index (χ2n) is 12.9. The van der Waals surface area contributed by atoms with Gasteiger partial charge in [0.05, 0.1) is 16.8 Å². The molecule has 0 saturated carbocycles. The van der Waals surface area contributed by atoms with Gasteiger partial charge in [0.1, 0.15) is 0 Å². The topological polar surface area (TPSA) is 25.8 Å². The Kier molecular flexibility index (Phi) is 6.61. The first-order valence-corrected chi connectivity index (χ1v) is 17.8. The second kappa shape index (κ2) is 11.5. The van der Waals surface area contributed by atoms with Crippen LogP contribution in [-0.4, -0.2) is 9.97 Å². The predicted octanol–water partition coefficient (Wildman–Crippen LogP) is 12.2. The van der Waals surface area contributed by atoms with Crippen molar-refractivity contribution in [2.75, 3.05) is 0 Å². The highest BCUT2D eigenvalue weighted by Crippen LogP contribution is 2.56. The van der Waals surface area contributed by atoms with Gasteiger partial charge in [0.2, 0.25) is 0 Å². The number of benzene rings is 7. The molecule has 0 atom stereocenters. The molecule has 1 aliphatic rings. The molecule has 0 amide bonds. The van der Waals surface area contributed by atoms with Crippen LogP contribution in [0.2, 0.25) is 0 Å². The summed E-state index contributed by atoms with van der Waals surface area (Å²) in [5, 5.41) is 2.56. The predicted molar refractivity (Wildman–Crippen MR) is 209 cm³/mol. The van der Waals surface area contributed by atoms with Crippen LogP contribution in [0.15, 0.2) is 182 Å². The zero-order chi connectivity index (χ0) is 33.1. The van der Waals surface area contributed by atoms with Gasteiger partial charge in [-0.25, -0.2) is 9.97 Å². The summed E-state index contributed by atoms with van der Waals surface area (Å²) in [7, 11) is 0. The van der Waals surface area contributed by atoms with Gasteiger partial charge >= 0.3 is 0 Å². The van der Waals surface area contributed by atoms with Crippen molar-refractivity contribution in [1.29, 1.82) is 0 Å². The quantitative estimate of drug-likeness (QED) is 0.185. The van der Waals surface area contributed by atoms with Crippen LogP contribution in [0.5, 0.6) is 0 Å². The van der Waals surface area contributed by atoms with E-state index in [2.05, 4.69) is 176 Å².